The number of piperidine rings is 1. The van der Waals surface area contributed by atoms with E-state index in [-0.39, 0.29) is 18.7 Å². The largest absolute Gasteiger partial charge is 0.449 e. The maximum absolute atomic E-state index is 11.5. The summed E-state index contributed by atoms with van der Waals surface area (Å²) in [4.78, 5) is 13.0. The first-order chi connectivity index (χ1) is 7.00. The summed E-state index contributed by atoms with van der Waals surface area (Å²) >= 11 is 0. The molecule has 1 heterocycles. The van der Waals surface area contributed by atoms with Crippen molar-refractivity contribution in [1.29, 1.82) is 0 Å². The number of amides is 1. The van der Waals surface area contributed by atoms with Gasteiger partial charge in [0, 0.05) is 12.6 Å². The standard InChI is InChI=1S/C10H20N2O3/c1-7(2)6-15-10(14)12-4-3-8(11)9(13)5-12/h7-9,13H,3-6,11H2,1-2H3. The number of hydrogen-bond donors (Lipinski definition) is 2. The normalized spacial score (nSPS) is 26.9. The number of nitrogens with two attached hydrogens (primary N) is 1. The fraction of sp³-hybridized carbons (Fsp3) is 0.900. The van der Waals surface area contributed by atoms with Crippen molar-refractivity contribution < 1.29 is 14.6 Å². The molecule has 15 heavy (non-hydrogen) atoms. The molecule has 5 nitrogen and oxygen atoms in total. The van der Waals surface area contributed by atoms with Crippen LogP contribution in [0.1, 0.15) is 20.3 Å². The first-order valence-corrected chi connectivity index (χ1v) is 5.36. The second kappa shape index (κ2) is 5.32. The molecule has 1 fully saturated rings. The van der Waals surface area contributed by atoms with Crippen molar-refractivity contribution in [2.75, 3.05) is 19.7 Å². The quantitative estimate of drug-likeness (QED) is 0.690. The molecule has 88 valence electrons. The summed E-state index contributed by atoms with van der Waals surface area (Å²) in [5.74, 6) is 0.325. The van der Waals surface area contributed by atoms with Crippen molar-refractivity contribution >= 4 is 6.09 Å². The molecule has 0 bridgehead atoms. The molecule has 0 aromatic carbocycles. The Kier molecular flexibility index (Phi) is 4.35. The number of hydrogen-bond acceptors (Lipinski definition) is 4. The molecule has 0 spiro atoms. The van der Waals surface area contributed by atoms with E-state index in [9.17, 15) is 9.90 Å². The van der Waals surface area contributed by atoms with E-state index in [1.54, 1.807) is 0 Å². The molecule has 1 amide bonds. The van der Waals surface area contributed by atoms with Crippen LogP contribution < -0.4 is 5.73 Å². The van der Waals surface area contributed by atoms with Crippen LogP contribution in [0.25, 0.3) is 0 Å². The summed E-state index contributed by atoms with van der Waals surface area (Å²) in [5.41, 5.74) is 5.63. The second-order valence-corrected chi connectivity index (χ2v) is 4.44. The van der Waals surface area contributed by atoms with E-state index in [1.165, 1.54) is 4.90 Å². The highest BCUT2D eigenvalue weighted by Gasteiger charge is 2.28. The molecule has 2 atom stereocenters. The zero-order valence-corrected chi connectivity index (χ0v) is 9.35. The van der Waals surface area contributed by atoms with Gasteiger partial charge in [-0.25, -0.2) is 4.79 Å². The Morgan fingerprint density at radius 2 is 2.33 bits per heavy atom. The zero-order chi connectivity index (χ0) is 11.4. The van der Waals surface area contributed by atoms with Crippen molar-refractivity contribution in [3.05, 3.63) is 0 Å². The van der Waals surface area contributed by atoms with Crippen LogP contribution in [0.3, 0.4) is 0 Å². The van der Waals surface area contributed by atoms with E-state index in [0.717, 1.165) is 0 Å². The number of rotatable bonds is 2. The van der Waals surface area contributed by atoms with Crippen LogP contribution in [0.2, 0.25) is 0 Å². The smallest absolute Gasteiger partial charge is 0.409 e. The summed E-state index contributed by atoms with van der Waals surface area (Å²) in [5, 5.41) is 9.50. The third kappa shape index (κ3) is 3.68. The molecule has 3 N–H and O–H groups in total. The van der Waals surface area contributed by atoms with Gasteiger partial charge in [-0.15, -0.1) is 0 Å². The lowest BCUT2D eigenvalue weighted by Gasteiger charge is -2.33. The highest BCUT2D eigenvalue weighted by Crippen LogP contribution is 2.10. The van der Waals surface area contributed by atoms with Gasteiger partial charge in [0.15, 0.2) is 0 Å². The fourth-order valence-electron chi connectivity index (χ4n) is 1.44. The van der Waals surface area contributed by atoms with Crippen LogP contribution in [-0.2, 0) is 4.74 Å². The number of carbonyl (C=O) groups excluding carboxylic acids is 1. The third-order valence-electron chi connectivity index (χ3n) is 2.43. The molecule has 2 unspecified atom stereocenters. The molecule has 5 heteroatoms. The zero-order valence-electron chi connectivity index (χ0n) is 9.35. The van der Waals surface area contributed by atoms with Crippen molar-refractivity contribution in [2.45, 2.75) is 32.4 Å². The van der Waals surface area contributed by atoms with Gasteiger partial charge in [-0.2, -0.15) is 0 Å². The van der Waals surface area contributed by atoms with Gasteiger partial charge in [-0.3, -0.25) is 0 Å². The van der Waals surface area contributed by atoms with Crippen LogP contribution in [0.4, 0.5) is 4.79 Å². The van der Waals surface area contributed by atoms with Crippen LogP contribution in [0.5, 0.6) is 0 Å². The average Bonchev–Trinajstić information content (AvgIpc) is 2.18. The summed E-state index contributed by atoms with van der Waals surface area (Å²) in [7, 11) is 0. The average molecular weight is 216 g/mol. The van der Waals surface area contributed by atoms with Gasteiger partial charge in [0.1, 0.15) is 0 Å². The number of nitrogens with zero attached hydrogens (tertiary/aromatic N) is 1. The summed E-state index contributed by atoms with van der Waals surface area (Å²) in [6, 6.07) is -0.223. The van der Waals surface area contributed by atoms with Crippen molar-refractivity contribution in [2.24, 2.45) is 11.7 Å². The molecular weight excluding hydrogens is 196 g/mol. The first kappa shape index (κ1) is 12.3. The fourth-order valence-corrected chi connectivity index (χ4v) is 1.44. The highest BCUT2D eigenvalue weighted by atomic mass is 16.6. The summed E-state index contributed by atoms with van der Waals surface area (Å²) in [6.45, 7) is 5.22. The number of β-amino-alcohol motifs (C(OH)–C–C–N with tert-alkyl or cyclic N) is 1. The SMILES string of the molecule is CC(C)COC(=O)N1CCC(N)C(O)C1. The molecule has 1 rings (SSSR count). The van der Waals surface area contributed by atoms with E-state index in [0.29, 0.717) is 25.5 Å². The van der Waals surface area contributed by atoms with E-state index < -0.39 is 6.10 Å². The predicted molar refractivity (Wildman–Crippen MR) is 56.4 cm³/mol. The molecule has 0 radical (unpaired) electrons. The predicted octanol–water partition coefficient (Wildman–Crippen LogP) is 0.173. The summed E-state index contributed by atoms with van der Waals surface area (Å²) < 4.78 is 5.06. The molecule has 0 aromatic rings. The lowest BCUT2D eigenvalue weighted by atomic mass is 10.0. The monoisotopic (exact) mass is 216 g/mol. The third-order valence-corrected chi connectivity index (χ3v) is 2.43. The molecule has 0 aromatic heterocycles. The minimum atomic E-state index is -0.634. The Labute approximate surface area is 90.2 Å². The number of carbonyl (C=O) groups is 1. The van der Waals surface area contributed by atoms with E-state index in [1.807, 2.05) is 13.8 Å². The van der Waals surface area contributed by atoms with Gasteiger partial charge in [0.05, 0.1) is 19.3 Å². The van der Waals surface area contributed by atoms with Gasteiger partial charge in [-0.1, -0.05) is 13.8 Å². The van der Waals surface area contributed by atoms with Crippen molar-refractivity contribution in [3.8, 4) is 0 Å². The molecule has 0 aliphatic carbocycles. The Bertz CT molecular complexity index is 221. The first-order valence-electron chi connectivity index (χ1n) is 5.36. The Morgan fingerprint density at radius 3 is 2.87 bits per heavy atom. The topological polar surface area (TPSA) is 75.8 Å². The molecule has 0 saturated carbocycles. The van der Waals surface area contributed by atoms with Crippen LogP contribution >= 0.6 is 0 Å². The maximum atomic E-state index is 11.5. The maximum Gasteiger partial charge on any atom is 0.409 e. The lowest BCUT2D eigenvalue weighted by Crippen LogP contribution is -2.52. The molecule has 1 saturated heterocycles. The van der Waals surface area contributed by atoms with Crippen molar-refractivity contribution in [3.63, 3.8) is 0 Å². The van der Waals surface area contributed by atoms with Gasteiger partial charge in [0.2, 0.25) is 0 Å². The number of ether oxygens (including phenoxy) is 1. The van der Waals surface area contributed by atoms with Crippen molar-refractivity contribution in [1.82, 2.24) is 4.90 Å². The Morgan fingerprint density at radius 1 is 1.67 bits per heavy atom. The van der Waals surface area contributed by atoms with Crippen LogP contribution in [0, 0.1) is 5.92 Å². The van der Waals surface area contributed by atoms with Gasteiger partial charge < -0.3 is 20.5 Å². The molecule has 1 aliphatic heterocycles. The molecule has 1 aliphatic rings. The van der Waals surface area contributed by atoms with E-state index >= 15 is 0 Å². The second-order valence-electron chi connectivity index (χ2n) is 4.44. The minimum Gasteiger partial charge on any atom is -0.449 e. The minimum absolute atomic E-state index is 0.223. The lowest BCUT2D eigenvalue weighted by molar-refractivity contribution is 0.0350. The van der Waals surface area contributed by atoms with Crippen LogP contribution in [-0.4, -0.2) is 47.9 Å². The van der Waals surface area contributed by atoms with E-state index in [4.69, 9.17) is 10.5 Å². The summed E-state index contributed by atoms with van der Waals surface area (Å²) in [6.07, 6.45) is -0.363. The van der Waals surface area contributed by atoms with E-state index in [2.05, 4.69) is 0 Å². The molecular formula is C10H20N2O3. The number of aliphatic hydroxyl groups excluding tert-OH is 1. The van der Waals surface area contributed by atoms with Crippen LogP contribution in [0.15, 0.2) is 0 Å². The highest BCUT2D eigenvalue weighted by molar-refractivity contribution is 5.67. The number of aliphatic hydroxyl groups is 1. The Balaban J connectivity index is 2.34. The Hall–Kier alpha value is -0.810. The van der Waals surface area contributed by atoms with Gasteiger partial charge >= 0.3 is 6.09 Å². The number of likely N-dealkylation sites (tertiary alicyclic amines) is 1. The van der Waals surface area contributed by atoms with Gasteiger partial charge in [0.25, 0.3) is 0 Å². The van der Waals surface area contributed by atoms with Gasteiger partial charge in [-0.05, 0) is 12.3 Å².